The number of nitrogens with one attached hydrogen (secondary N) is 1. The summed E-state index contributed by atoms with van der Waals surface area (Å²) in [5, 5.41) is 14.2. The van der Waals surface area contributed by atoms with Gasteiger partial charge >= 0.3 is 0 Å². The van der Waals surface area contributed by atoms with E-state index in [0.717, 1.165) is 12.0 Å². The SMILES string of the molecule is CCCNC(=O)[C@@H](CC)N(Cc1ccc(OC)cc1)C(=O)Cc1ccccc1[N+](=O)[O-]. The summed E-state index contributed by atoms with van der Waals surface area (Å²) in [6.07, 6.45) is 1.05. The molecule has 2 amide bonds. The van der Waals surface area contributed by atoms with Crippen LogP contribution in [0.2, 0.25) is 0 Å². The van der Waals surface area contributed by atoms with Gasteiger partial charge in [-0.2, -0.15) is 0 Å². The lowest BCUT2D eigenvalue weighted by Crippen LogP contribution is -2.49. The molecule has 8 nitrogen and oxygen atoms in total. The van der Waals surface area contributed by atoms with E-state index < -0.39 is 11.0 Å². The summed E-state index contributed by atoms with van der Waals surface area (Å²) in [7, 11) is 1.57. The second-order valence-electron chi connectivity index (χ2n) is 7.15. The monoisotopic (exact) mass is 427 g/mol. The molecule has 166 valence electrons. The average molecular weight is 428 g/mol. The molecule has 0 aliphatic rings. The molecule has 0 saturated carbocycles. The Bertz CT molecular complexity index is 898. The van der Waals surface area contributed by atoms with Gasteiger partial charge in [0.2, 0.25) is 11.8 Å². The van der Waals surface area contributed by atoms with Crippen LogP contribution in [0.4, 0.5) is 5.69 Å². The van der Waals surface area contributed by atoms with Crippen LogP contribution in [0.3, 0.4) is 0 Å². The molecule has 8 heteroatoms. The number of carbonyl (C=O) groups is 2. The Morgan fingerprint density at radius 3 is 2.39 bits per heavy atom. The van der Waals surface area contributed by atoms with Gasteiger partial charge in [-0.15, -0.1) is 0 Å². The number of hydrogen-bond acceptors (Lipinski definition) is 5. The van der Waals surface area contributed by atoms with Crippen molar-refractivity contribution in [3.05, 3.63) is 69.8 Å². The number of nitrogens with zero attached hydrogens (tertiary/aromatic N) is 2. The van der Waals surface area contributed by atoms with Gasteiger partial charge in [-0.25, -0.2) is 0 Å². The first-order valence-electron chi connectivity index (χ1n) is 10.3. The van der Waals surface area contributed by atoms with Gasteiger partial charge in [0.15, 0.2) is 0 Å². The molecule has 2 aromatic rings. The molecule has 0 saturated heterocycles. The average Bonchev–Trinajstić information content (AvgIpc) is 2.78. The fraction of sp³-hybridized carbons (Fsp3) is 0.391. The van der Waals surface area contributed by atoms with Gasteiger partial charge in [0.05, 0.1) is 18.5 Å². The molecule has 2 aromatic carbocycles. The third-order valence-electron chi connectivity index (χ3n) is 4.98. The fourth-order valence-electron chi connectivity index (χ4n) is 3.32. The summed E-state index contributed by atoms with van der Waals surface area (Å²) in [4.78, 5) is 38.4. The molecular weight excluding hydrogens is 398 g/mol. The first-order valence-corrected chi connectivity index (χ1v) is 10.3. The maximum absolute atomic E-state index is 13.3. The van der Waals surface area contributed by atoms with Crippen molar-refractivity contribution in [2.24, 2.45) is 0 Å². The first-order chi connectivity index (χ1) is 14.9. The lowest BCUT2D eigenvalue weighted by Gasteiger charge is -2.30. The Balaban J connectivity index is 2.33. The summed E-state index contributed by atoms with van der Waals surface area (Å²) >= 11 is 0. The molecule has 0 bridgehead atoms. The molecule has 0 heterocycles. The van der Waals surface area contributed by atoms with Crippen molar-refractivity contribution in [1.29, 1.82) is 0 Å². The number of ether oxygens (including phenoxy) is 1. The van der Waals surface area contributed by atoms with E-state index in [-0.39, 0.29) is 30.5 Å². The number of nitro benzene ring substituents is 1. The van der Waals surface area contributed by atoms with Crippen LogP contribution in [-0.4, -0.2) is 41.3 Å². The normalized spacial score (nSPS) is 11.5. The first kappa shape index (κ1) is 23.9. The van der Waals surface area contributed by atoms with Crippen molar-refractivity contribution in [3.63, 3.8) is 0 Å². The topological polar surface area (TPSA) is 102 Å². The third kappa shape index (κ3) is 6.53. The minimum absolute atomic E-state index is 0.108. The Morgan fingerprint density at radius 1 is 1.13 bits per heavy atom. The zero-order valence-corrected chi connectivity index (χ0v) is 18.2. The quantitative estimate of drug-likeness (QED) is 0.437. The number of hydrogen-bond donors (Lipinski definition) is 1. The Morgan fingerprint density at radius 2 is 1.81 bits per heavy atom. The van der Waals surface area contributed by atoms with Gasteiger partial charge in [0.25, 0.3) is 5.69 Å². The summed E-state index contributed by atoms with van der Waals surface area (Å²) in [6, 6.07) is 12.7. The minimum atomic E-state index is -0.677. The number of nitro groups is 1. The smallest absolute Gasteiger partial charge is 0.273 e. The van der Waals surface area contributed by atoms with E-state index in [2.05, 4.69) is 5.32 Å². The molecule has 0 radical (unpaired) electrons. The van der Waals surface area contributed by atoms with Crippen LogP contribution < -0.4 is 10.1 Å². The maximum Gasteiger partial charge on any atom is 0.273 e. The van der Waals surface area contributed by atoms with E-state index >= 15 is 0 Å². The number of para-hydroxylation sites is 1. The molecular formula is C23H29N3O5. The molecule has 0 aliphatic heterocycles. The molecule has 0 aromatic heterocycles. The minimum Gasteiger partial charge on any atom is -0.497 e. The maximum atomic E-state index is 13.3. The summed E-state index contributed by atoms with van der Waals surface area (Å²) < 4.78 is 5.18. The van der Waals surface area contributed by atoms with Gasteiger partial charge in [0, 0.05) is 24.7 Å². The predicted octanol–water partition coefficient (Wildman–Crippen LogP) is 3.48. The highest BCUT2D eigenvalue weighted by Gasteiger charge is 2.29. The van der Waals surface area contributed by atoms with Crippen molar-refractivity contribution >= 4 is 17.5 Å². The zero-order valence-electron chi connectivity index (χ0n) is 18.2. The van der Waals surface area contributed by atoms with Crippen molar-refractivity contribution < 1.29 is 19.2 Å². The molecule has 1 N–H and O–H groups in total. The lowest BCUT2D eigenvalue weighted by molar-refractivity contribution is -0.385. The molecule has 0 unspecified atom stereocenters. The number of rotatable bonds is 11. The van der Waals surface area contributed by atoms with Crippen molar-refractivity contribution in [1.82, 2.24) is 10.2 Å². The molecule has 1 atom stereocenters. The van der Waals surface area contributed by atoms with Crippen molar-refractivity contribution in [3.8, 4) is 5.75 Å². The highest BCUT2D eigenvalue weighted by molar-refractivity contribution is 5.88. The standard InChI is InChI=1S/C23H29N3O5/c1-4-14-24-23(28)20(5-2)25(16-17-10-12-19(31-3)13-11-17)22(27)15-18-8-6-7-9-21(18)26(29)30/h6-13,20H,4-5,14-16H2,1-3H3,(H,24,28)/t20-/m1/s1. The summed E-state index contributed by atoms with van der Waals surface area (Å²) in [6.45, 7) is 4.52. The van der Waals surface area contributed by atoms with Gasteiger partial charge in [-0.1, -0.05) is 44.2 Å². The van der Waals surface area contributed by atoms with E-state index in [9.17, 15) is 19.7 Å². The molecule has 31 heavy (non-hydrogen) atoms. The van der Waals surface area contributed by atoms with E-state index in [0.29, 0.717) is 24.3 Å². The number of amides is 2. The van der Waals surface area contributed by atoms with Crippen LogP contribution in [0.1, 0.15) is 37.8 Å². The largest absolute Gasteiger partial charge is 0.497 e. The number of carbonyl (C=O) groups excluding carboxylic acids is 2. The van der Waals surface area contributed by atoms with E-state index in [1.807, 2.05) is 26.0 Å². The summed E-state index contributed by atoms with van der Waals surface area (Å²) in [5.41, 5.74) is 1.04. The van der Waals surface area contributed by atoms with Crippen molar-refractivity contribution in [2.75, 3.05) is 13.7 Å². The van der Waals surface area contributed by atoms with Crippen LogP contribution in [-0.2, 0) is 22.6 Å². The molecule has 2 rings (SSSR count). The highest BCUT2D eigenvalue weighted by atomic mass is 16.6. The van der Waals surface area contributed by atoms with Crippen LogP contribution in [0.5, 0.6) is 5.75 Å². The van der Waals surface area contributed by atoms with Crippen molar-refractivity contribution in [2.45, 2.75) is 45.7 Å². The van der Waals surface area contributed by atoms with Crippen LogP contribution >= 0.6 is 0 Å². The fourth-order valence-corrected chi connectivity index (χ4v) is 3.32. The zero-order chi connectivity index (χ0) is 22.8. The van der Waals surface area contributed by atoms with Crippen LogP contribution in [0, 0.1) is 10.1 Å². The Hall–Kier alpha value is -3.42. The summed E-state index contributed by atoms with van der Waals surface area (Å²) in [5.74, 6) is 0.117. The molecule has 0 spiro atoms. The third-order valence-corrected chi connectivity index (χ3v) is 4.98. The Labute approximate surface area is 182 Å². The number of methoxy groups -OCH3 is 1. The van der Waals surface area contributed by atoms with Gasteiger partial charge < -0.3 is 15.0 Å². The van der Waals surface area contributed by atoms with Gasteiger partial charge in [0.1, 0.15) is 11.8 Å². The van der Waals surface area contributed by atoms with E-state index in [1.54, 1.807) is 37.4 Å². The Kier molecular flexibility index (Phi) is 8.99. The van der Waals surface area contributed by atoms with E-state index in [1.165, 1.54) is 11.0 Å². The highest BCUT2D eigenvalue weighted by Crippen LogP contribution is 2.21. The number of benzene rings is 2. The molecule has 0 aliphatic carbocycles. The lowest BCUT2D eigenvalue weighted by atomic mass is 10.1. The second kappa shape index (κ2) is 11.7. The van der Waals surface area contributed by atoms with Crippen LogP contribution in [0.25, 0.3) is 0 Å². The van der Waals surface area contributed by atoms with Gasteiger partial charge in [-0.3, -0.25) is 19.7 Å². The van der Waals surface area contributed by atoms with Crippen LogP contribution in [0.15, 0.2) is 48.5 Å². The second-order valence-corrected chi connectivity index (χ2v) is 7.15. The van der Waals surface area contributed by atoms with E-state index in [4.69, 9.17) is 4.74 Å². The van der Waals surface area contributed by atoms with Gasteiger partial charge in [-0.05, 0) is 30.5 Å². The predicted molar refractivity (Wildman–Crippen MR) is 118 cm³/mol. The molecule has 0 fully saturated rings.